The van der Waals surface area contributed by atoms with Gasteiger partial charge in [-0.1, -0.05) is 30.3 Å². The molecule has 1 heterocycles. The van der Waals surface area contributed by atoms with Gasteiger partial charge in [-0.2, -0.15) is 0 Å². The van der Waals surface area contributed by atoms with Gasteiger partial charge in [0, 0.05) is 24.3 Å². The Bertz CT molecular complexity index is 612. The van der Waals surface area contributed by atoms with Crippen LogP contribution in [0.1, 0.15) is 38.7 Å². The molecule has 1 saturated heterocycles. The third-order valence-corrected chi connectivity index (χ3v) is 6.05. The van der Waals surface area contributed by atoms with Crippen molar-refractivity contribution >= 4 is 15.7 Å². The quantitative estimate of drug-likeness (QED) is 0.860. The molecule has 1 fully saturated rings. The maximum absolute atomic E-state index is 12.5. The van der Waals surface area contributed by atoms with E-state index in [4.69, 9.17) is 0 Å². The van der Waals surface area contributed by atoms with E-state index in [0.717, 1.165) is 12.7 Å². The highest BCUT2D eigenvalue weighted by molar-refractivity contribution is 7.92. The van der Waals surface area contributed by atoms with Crippen LogP contribution in [0.4, 0.5) is 0 Å². The number of benzene rings is 1. The Morgan fingerprint density at radius 2 is 1.81 bits per heavy atom. The molecule has 0 radical (unpaired) electrons. The molecule has 1 aromatic carbocycles. The molecule has 4 nitrogen and oxygen atoms in total. The normalized spacial score (nSPS) is 27.6. The van der Waals surface area contributed by atoms with Crippen molar-refractivity contribution in [3.63, 3.8) is 0 Å². The van der Waals surface area contributed by atoms with Crippen LogP contribution in [0.15, 0.2) is 30.3 Å². The molecule has 0 aliphatic carbocycles. The first-order valence-corrected chi connectivity index (χ1v) is 9.25. The summed E-state index contributed by atoms with van der Waals surface area (Å²) in [5.41, 5.74) is 1.21. The van der Waals surface area contributed by atoms with Gasteiger partial charge in [-0.25, -0.2) is 8.42 Å². The van der Waals surface area contributed by atoms with E-state index < -0.39 is 15.1 Å². The number of rotatable bonds is 3. The lowest BCUT2D eigenvalue weighted by Gasteiger charge is -2.30. The summed E-state index contributed by atoms with van der Waals surface area (Å²) < 4.78 is 23.3. The molecule has 1 amide bonds. The lowest BCUT2D eigenvalue weighted by Crippen LogP contribution is -2.46. The molecule has 1 aliphatic heterocycles. The number of hydrogen-bond acceptors (Lipinski definition) is 3. The molecular weight excluding hydrogens is 286 g/mol. The Labute approximate surface area is 127 Å². The van der Waals surface area contributed by atoms with Crippen LogP contribution in [-0.2, 0) is 14.6 Å². The molecule has 0 N–H and O–H groups in total. The average Bonchev–Trinajstić information content (AvgIpc) is 2.72. The highest BCUT2D eigenvalue weighted by Crippen LogP contribution is 2.37. The molecule has 1 aliphatic rings. The minimum absolute atomic E-state index is 0.0131. The standard InChI is InChI=1S/C16H23NO3S/c1-11-10-15(14-8-6-5-7-9-14)12(2)17(11)16(18)13(3)21(4,19)20/h5-9,11-13,15H,10H2,1-4H3. The van der Waals surface area contributed by atoms with Crippen molar-refractivity contribution in [1.82, 2.24) is 4.90 Å². The lowest BCUT2D eigenvalue weighted by atomic mass is 9.92. The van der Waals surface area contributed by atoms with Crippen LogP contribution in [0.2, 0.25) is 0 Å². The number of likely N-dealkylation sites (tertiary alicyclic amines) is 1. The smallest absolute Gasteiger partial charge is 0.241 e. The fourth-order valence-electron chi connectivity index (χ4n) is 3.20. The zero-order valence-electron chi connectivity index (χ0n) is 13.0. The van der Waals surface area contributed by atoms with Gasteiger partial charge in [0.15, 0.2) is 9.84 Å². The first-order valence-electron chi connectivity index (χ1n) is 7.29. The second kappa shape index (κ2) is 5.79. The number of amides is 1. The van der Waals surface area contributed by atoms with Gasteiger partial charge in [0.1, 0.15) is 5.25 Å². The zero-order valence-corrected chi connectivity index (χ0v) is 13.8. The molecular formula is C16H23NO3S. The van der Waals surface area contributed by atoms with Gasteiger partial charge in [0.25, 0.3) is 0 Å². The molecule has 116 valence electrons. The van der Waals surface area contributed by atoms with Crippen LogP contribution in [0.3, 0.4) is 0 Å². The van der Waals surface area contributed by atoms with E-state index in [2.05, 4.69) is 12.1 Å². The maximum Gasteiger partial charge on any atom is 0.241 e. The van der Waals surface area contributed by atoms with Crippen LogP contribution in [0.25, 0.3) is 0 Å². The zero-order chi connectivity index (χ0) is 15.8. The molecule has 0 saturated carbocycles. The Morgan fingerprint density at radius 3 is 2.33 bits per heavy atom. The molecule has 4 atom stereocenters. The van der Waals surface area contributed by atoms with E-state index in [0.29, 0.717) is 0 Å². The van der Waals surface area contributed by atoms with Crippen LogP contribution >= 0.6 is 0 Å². The molecule has 4 unspecified atom stereocenters. The fourth-order valence-corrected chi connectivity index (χ4v) is 3.69. The van der Waals surface area contributed by atoms with Gasteiger partial charge in [-0.05, 0) is 32.8 Å². The summed E-state index contributed by atoms with van der Waals surface area (Å²) >= 11 is 0. The second-order valence-electron chi connectivity index (χ2n) is 6.06. The van der Waals surface area contributed by atoms with Gasteiger partial charge in [-0.15, -0.1) is 0 Å². The largest absolute Gasteiger partial charge is 0.336 e. The highest BCUT2D eigenvalue weighted by Gasteiger charge is 2.42. The van der Waals surface area contributed by atoms with Crippen molar-refractivity contribution in [3.05, 3.63) is 35.9 Å². The molecule has 0 aromatic heterocycles. The molecule has 21 heavy (non-hydrogen) atoms. The van der Waals surface area contributed by atoms with Gasteiger partial charge < -0.3 is 4.90 Å². The number of nitrogens with zero attached hydrogens (tertiary/aromatic N) is 1. The van der Waals surface area contributed by atoms with Crippen LogP contribution in [0.5, 0.6) is 0 Å². The molecule has 0 bridgehead atoms. The average molecular weight is 309 g/mol. The summed E-state index contributed by atoms with van der Waals surface area (Å²) in [4.78, 5) is 14.3. The Balaban J connectivity index is 2.25. The Hall–Kier alpha value is -1.36. The van der Waals surface area contributed by atoms with Crippen molar-refractivity contribution < 1.29 is 13.2 Å². The highest BCUT2D eigenvalue weighted by atomic mass is 32.2. The van der Waals surface area contributed by atoms with E-state index in [1.807, 2.05) is 32.0 Å². The van der Waals surface area contributed by atoms with E-state index in [-0.39, 0.29) is 23.9 Å². The van der Waals surface area contributed by atoms with E-state index in [1.54, 1.807) is 4.90 Å². The second-order valence-corrected chi connectivity index (χ2v) is 8.43. The third kappa shape index (κ3) is 3.12. The van der Waals surface area contributed by atoms with Gasteiger partial charge in [-0.3, -0.25) is 4.79 Å². The molecule has 0 spiro atoms. The van der Waals surface area contributed by atoms with Crippen molar-refractivity contribution in [1.29, 1.82) is 0 Å². The third-order valence-electron chi connectivity index (χ3n) is 4.56. The number of carbonyl (C=O) groups excluding carboxylic acids is 1. The van der Waals surface area contributed by atoms with Crippen molar-refractivity contribution in [2.75, 3.05) is 6.26 Å². The molecule has 1 aromatic rings. The monoisotopic (exact) mass is 309 g/mol. The van der Waals surface area contributed by atoms with E-state index in [1.165, 1.54) is 12.5 Å². The number of hydrogen-bond donors (Lipinski definition) is 0. The molecule has 5 heteroatoms. The summed E-state index contributed by atoms with van der Waals surface area (Å²) in [7, 11) is -3.36. The number of carbonyl (C=O) groups is 1. The fraction of sp³-hybridized carbons (Fsp3) is 0.562. The summed E-state index contributed by atoms with van der Waals surface area (Å²) in [6.07, 6.45) is 1.99. The van der Waals surface area contributed by atoms with Crippen LogP contribution in [-0.4, -0.2) is 42.8 Å². The minimum atomic E-state index is -3.36. The Kier molecular flexibility index (Phi) is 4.42. The summed E-state index contributed by atoms with van der Waals surface area (Å²) in [5.74, 6) is -0.0205. The lowest BCUT2D eigenvalue weighted by molar-refractivity contribution is -0.132. The summed E-state index contributed by atoms with van der Waals surface area (Å²) in [6, 6.07) is 10.2. The predicted octanol–water partition coefficient (Wildman–Crippen LogP) is 2.21. The van der Waals surface area contributed by atoms with E-state index >= 15 is 0 Å². The minimum Gasteiger partial charge on any atom is -0.336 e. The number of sulfone groups is 1. The SMILES string of the molecule is CC1CC(c2ccccc2)C(C)N1C(=O)C(C)S(C)(=O)=O. The van der Waals surface area contributed by atoms with Crippen LogP contribution < -0.4 is 0 Å². The van der Waals surface area contributed by atoms with Crippen molar-refractivity contribution in [3.8, 4) is 0 Å². The summed E-state index contributed by atoms with van der Waals surface area (Å²) in [6.45, 7) is 5.48. The van der Waals surface area contributed by atoms with Crippen LogP contribution in [0, 0.1) is 0 Å². The first-order chi connectivity index (χ1) is 9.73. The molecule has 2 rings (SSSR count). The van der Waals surface area contributed by atoms with Crippen molar-refractivity contribution in [2.24, 2.45) is 0 Å². The predicted molar refractivity (Wildman–Crippen MR) is 83.9 cm³/mol. The first kappa shape index (κ1) is 16.0. The topological polar surface area (TPSA) is 54.5 Å². The summed E-state index contributed by atoms with van der Waals surface area (Å²) in [5, 5.41) is -0.975. The maximum atomic E-state index is 12.5. The Morgan fingerprint density at radius 1 is 1.24 bits per heavy atom. The van der Waals surface area contributed by atoms with Crippen molar-refractivity contribution in [2.45, 2.75) is 50.4 Å². The van der Waals surface area contributed by atoms with Gasteiger partial charge in [0.05, 0.1) is 0 Å². The van der Waals surface area contributed by atoms with Gasteiger partial charge in [0.2, 0.25) is 5.91 Å². The van der Waals surface area contributed by atoms with Gasteiger partial charge >= 0.3 is 0 Å². The van der Waals surface area contributed by atoms with E-state index in [9.17, 15) is 13.2 Å².